The molecule has 2 aliphatic rings. The predicted molar refractivity (Wildman–Crippen MR) is 98.8 cm³/mol. The molecule has 0 N–H and O–H groups in total. The van der Waals surface area contributed by atoms with Crippen LogP contribution in [-0.4, -0.2) is 17.9 Å². The Bertz CT molecular complexity index is 847. The first kappa shape index (κ1) is 15.7. The molecule has 0 spiro atoms. The van der Waals surface area contributed by atoms with Gasteiger partial charge in [-0.15, -0.1) is 0 Å². The number of fused-ring (bicyclic) bond motifs is 1. The number of hydrogen-bond donors (Lipinski definition) is 0. The molecule has 3 nitrogen and oxygen atoms in total. The van der Waals surface area contributed by atoms with Gasteiger partial charge in [-0.1, -0.05) is 42.5 Å². The van der Waals surface area contributed by atoms with Crippen LogP contribution < -0.4 is 4.74 Å². The Morgan fingerprint density at radius 1 is 1.00 bits per heavy atom. The highest BCUT2D eigenvalue weighted by atomic mass is 16.5. The van der Waals surface area contributed by atoms with Crippen LogP contribution in [0.3, 0.4) is 0 Å². The number of carbonyl (C=O) groups excluding carboxylic acids is 1. The van der Waals surface area contributed by atoms with Crippen molar-refractivity contribution in [3.63, 3.8) is 0 Å². The lowest BCUT2D eigenvalue weighted by Crippen LogP contribution is -2.25. The van der Waals surface area contributed by atoms with Gasteiger partial charge >= 0.3 is 0 Å². The molecule has 4 rings (SSSR count). The predicted octanol–water partition coefficient (Wildman–Crippen LogP) is 4.56. The molecule has 0 radical (unpaired) electrons. The monoisotopic (exact) mass is 331 g/mol. The van der Waals surface area contributed by atoms with Gasteiger partial charge < -0.3 is 9.64 Å². The number of amides is 1. The molecule has 25 heavy (non-hydrogen) atoms. The second-order valence-electron chi connectivity index (χ2n) is 6.49. The highest BCUT2D eigenvalue weighted by Crippen LogP contribution is 2.41. The lowest BCUT2D eigenvalue weighted by molar-refractivity contribution is -0.123. The highest BCUT2D eigenvalue weighted by Gasteiger charge is 2.32. The van der Waals surface area contributed by atoms with E-state index >= 15 is 0 Å². The van der Waals surface area contributed by atoms with Crippen LogP contribution in [0.1, 0.15) is 30.4 Å². The summed E-state index contributed by atoms with van der Waals surface area (Å²) in [7, 11) is 1.68. The molecule has 0 atom stereocenters. The third kappa shape index (κ3) is 2.98. The van der Waals surface area contributed by atoms with E-state index in [4.69, 9.17) is 4.74 Å². The summed E-state index contributed by atoms with van der Waals surface area (Å²) in [6.45, 7) is 0.620. The maximum absolute atomic E-state index is 12.6. The summed E-state index contributed by atoms with van der Waals surface area (Å²) >= 11 is 0. The third-order valence-electron chi connectivity index (χ3n) is 4.92. The number of nitrogens with zero attached hydrogens (tertiary/aromatic N) is 1. The largest absolute Gasteiger partial charge is 0.497 e. The maximum atomic E-state index is 12.6. The van der Waals surface area contributed by atoms with Crippen molar-refractivity contribution in [1.82, 2.24) is 4.90 Å². The van der Waals surface area contributed by atoms with E-state index in [0.29, 0.717) is 6.54 Å². The van der Waals surface area contributed by atoms with Gasteiger partial charge in [-0.05, 0) is 53.7 Å². The van der Waals surface area contributed by atoms with Gasteiger partial charge in [0.2, 0.25) is 0 Å². The number of rotatable bonds is 4. The summed E-state index contributed by atoms with van der Waals surface area (Å²) in [5, 5.41) is 0. The average Bonchev–Trinajstić information content (AvgIpc) is 2.98. The van der Waals surface area contributed by atoms with Crippen LogP contribution >= 0.6 is 0 Å². The smallest absolute Gasteiger partial charge is 0.251 e. The van der Waals surface area contributed by atoms with Crippen LogP contribution in [0.25, 0.3) is 5.57 Å². The van der Waals surface area contributed by atoms with E-state index in [9.17, 15) is 4.79 Å². The normalized spacial score (nSPS) is 16.8. The summed E-state index contributed by atoms with van der Waals surface area (Å²) in [4.78, 5) is 14.6. The Labute approximate surface area is 148 Å². The van der Waals surface area contributed by atoms with Crippen molar-refractivity contribution in [1.29, 1.82) is 0 Å². The molecule has 126 valence electrons. The Kier molecular flexibility index (Phi) is 4.14. The summed E-state index contributed by atoms with van der Waals surface area (Å²) in [5.41, 5.74) is 5.89. The third-order valence-corrected chi connectivity index (χ3v) is 4.92. The molecule has 1 heterocycles. The zero-order chi connectivity index (χ0) is 17.2. The van der Waals surface area contributed by atoms with Crippen LogP contribution in [0.4, 0.5) is 0 Å². The Balaban J connectivity index is 1.74. The molecule has 0 saturated heterocycles. The van der Waals surface area contributed by atoms with Crippen molar-refractivity contribution < 1.29 is 9.53 Å². The fraction of sp³-hybridized carbons (Fsp3) is 0.227. The average molecular weight is 331 g/mol. The fourth-order valence-corrected chi connectivity index (χ4v) is 3.70. The van der Waals surface area contributed by atoms with Crippen LogP contribution in [0.2, 0.25) is 0 Å². The second-order valence-corrected chi connectivity index (χ2v) is 6.49. The van der Waals surface area contributed by atoms with Gasteiger partial charge in [0, 0.05) is 6.08 Å². The first-order chi connectivity index (χ1) is 12.3. The zero-order valence-corrected chi connectivity index (χ0v) is 14.4. The van der Waals surface area contributed by atoms with Gasteiger partial charge in [-0.2, -0.15) is 0 Å². The van der Waals surface area contributed by atoms with E-state index in [1.165, 1.54) is 16.7 Å². The van der Waals surface area contributed by atoms with Gasteiger partial charge in [0.05, 0.1) is 19.4 Å². The molecule has 1 aliphatic heterocycles. The Morgan fingerprint density at radius 2 is 1.76 bits per heavy atom. The number of ether oxygens (including phenoxy) is 1. The van der Waals surface area contributed by atoms with Crippen molar-refractivity contribution in [2.24, 2.45) is 0 Å². The number of carbonyl (C=O) groups is 1. The van der Waals surface area contributed by atoms with Gasteiger partial charge in [0.15, 0.2) is 0 Å². The summed E-state index contributed by atoms with van der Waals surface area (Å²) < 4.78 is 5.27. The minimum Gasteiger partial charge on any atom is -0.497 e. The molecule has 0 saturated carbocycles. The minimum absolute atomic E-state index is 0.0989. The van der Waals surface area contributed by atoms with Crippen LogP contribution in [0, 0.1) is 0 Å². The van der Waals surface area contributed by atoms with E-state index in [-0.39, 0.29) is 5.91 Å². The highest BCUT2D eigenvalue weighted by molar-refractivity contribution is 5.98. The molecule has 2 aromatic rings. The van der Waals surface area contributed by atoms with Crippen molar-refractivity contribution in [2.75, 3.05) is 7.11 Å². The van der Waals surface area contributed by atoms with E-state index in [1.54, 1.807) is 7.11 Å². The molecule has 2 aromatic carbocycles. The first-order valence-electron chi connectivity index (χ1n) is 8.70. The number of hydrogen-bond acceptors (Lipinski definition) is 2. The van der Waals surface area contributed by atoms with Gasteiger partial charge in [-0.25, -0.2) is 0 Å². The summed E-state index contributed by atoms with van der Waals surface area (Å²) in [5.74, 6) is 0.950. The van der Waals surface area contributed by atoms with Crippen molar-refractivity contribution in [3.05, 3.63) is 83.1 Å². The summed E-state index contributed by atoms with van der Waals surface area (Å²) in [6.07, 6.45) is 4.88. The summed E-state index contributed by atoms with van der Waals surface area (Å²) in [6, 6.07) is 18.3. The van der Waals surface area contributed by atoms with Crippen LogP contribution in [-0.2, 0) is 11.3 Å². The maximum Gasteiger partial charge on any atom is 0.251 e. The molecule has 1 amide bonds. The van der Waals surface area contributed by atoms with E-state index < -0.39 is 0 Å². The van der Waals surface area contributed by atoms with E-state index in [1.807, 2.05) is 41.3 Å². The quantitative estimate of drug-likeness (QED) is 0.822. The first-order valence-corrected chi connectivity index (χ1v) is 8.70. The van der Waals surface area contributed by atoms with Gasteiger partial charge in [0.1, 0.15) is 5.75 Å². The molecule has 0 unspecified atom stereocenters. The van der Waals surface area contributed by atoms with Crippen molar-refractivity contribution in [2.45, 2.75) is 25.8 Å². The van der Waals surface area contributed by atoms with Crippen molar-refractivity contribution >= 4 is 11.5 Å². The fourth-order valence-electron chi connectivity index (χ4n) is 3.70. The number of allylic oxidation sites excluding steroid dienone is 2. The molecular weight excluding hydrogens is 310 g/mol. The van der Waals surface area contributed by atoms with E-state index in [2.05, 4.69) is 24.3 Å². The minimum atomic E-state index is 0.0989. The molecule has 0 bridgehead atoms. The number of benzene rings is 2. The SMILES string of the molecule is COc1ccc(C2=C3C(=CC(=O)N3Cc3ccccc3)CCC2)cc1. The molecule has 3 heteroatoms. The lowest BCUT2D eigenvalue weighted by atomic mass is 9.88. The van der Waals surface area contributed by atoms with E-state index in [0.717, 1.165) is 36.3 Å². The standard InChI is InChI=1S/C22H21NO2/c1-25-19-12-10-17(11-13-19)20-9-5-8-18-14-21(24)23(22(18)20)15-16-6-3-2-4-7-16/h2-4,6-7,10-14H,5,8-9,15H2,1H3. The molecule has 1 aliphatic carbocycles. The van der Waals surface area contributed by atoms with Crippen molar-refractivity contribution in [3.8, 4) is 5.75 Å². The second kappa shape index (κ2) is 6.60. The Hall–Kier alpha value is -2.81. The zero-order valence-electron chi connectivity index (χ0n) is 14.4. The topological polar surface area (TPSA) is 29.5 Å². The lowest BCUT2D eigenvalue weighted by Gasteiger charge is -2.27. The van der Waals surface area contributed by atoms with Crippen LogP contribution in [0.15, 0.2) is 71.9 Å². The van der Waals surface area contributed by atoms with Gasteiger partial charge in [0.25, 0.3) is 5.91 Å². The Morgan fingerprint density at radius 3 is 2.48 bits per heavy atom. The molecular formula is C22H21NO2. The molecule has 0 fully saturated rings. The number of methoxy groups -OCH3 is 1. The van der Waals surface area contributed by atoms with Gasteiger partial charge in [-0.3, -0.25) is 4.79 Å². The molecule has 0 aromatic heterocycles. The van der Waals surface area contributed by atoms with Crippen LogP contribution in [0.5, 0.6) is 5.75 Å².